The van der Waals surface area contributed by atoms with Gasteiger partial charge in [0.05, 0.1) is 16.7 Å². The zero-order valence-electron chi connectivity index (χ0n) is 25.4. The van der Waals surface area contributed by atoms with Gasteiger partial charge in [0.1, 0.15) is 0 Å². The standard InChI is InChI=1S/C43H32N2/c1-43(2)37-21-11-9-19-33(37)36-26-24-29-14-13-23-39(41(29)42(36)43)45-38-22-12-10-20-34(38)35-27-25-32(28-40(35)45)44(30-15-5-3-6-16-30)31-17-7-4-8-18-31/h3-28H,1-2H3. The van der Waals surface area contributed by atoms with E-state index >= 15 is 0 Å². The first kappa shape index (κ1) is 25.9. The maximum atomic E-state index is 2.50. The van der Waals surface area contributed by atoms with Gasteiger partial charge in [0.15, 0.2) is 0 Å². The van der Waals surface area contributed by atoms with Crippen molar-refractivity contribution in [3.05, 3.63) is 169 Å². The Hall–Kier alpha value is -5.60. The molecule has 9 rings (SSSR count). The van der Waals surface area contributed by atoms with E-state index in [-0.39, 0.29) is 5.41 Å². The van der Waals surface area contributed by atoms with Crippen molar-refractivity contribution < 1.29 is 0 Å². The van der Waals surface area contributed by atoms with Gasteiger partial charge >= 0.3 is 0 Å². The SMILES string of the molecule is CC1(C)c2ccccc2-c2ccc3cccc(-n4c5ccccc5c5ccc(N(c6ccccc6)c6ccccc6)cc54)c3c21. The van der Waals surface area contributed by atoms with Crippen LogP contribution in [0.25, 0.3) is 49.4 Å². The predicted octanol–water partition coefficient (Wildman–Crippen LogP) is 11.7. The number of benzene rings is 7. The molecule has 0 spiro atoms. The minimum absolute atomic E-state index is 0.122. The van der Waals surface area contributed by atoms with Crippen LogP contribution in [0.3, 0.4) is 0 Å². The second-order valence-corrected chi connectivity index (χ2v) is 12.6. The van der Waals surface area contributed by atoms with Gasteiger partial charge in [-0.3, -0.25) is 0 Å². The summed E-state index contributed by atoms with van der Waals surface area (Å²) >= 11 is 0. The molecule has 1 aliphatic rings. The Kier molecular flexibility index (Phi) is 5.58. The molecule has 2 nitrogen and oxygen atoms in total. The summed E-state index contributed by atoms with van der Waals surface area (Å²) in [5, 5.41) is 5.11. The van der Waals surface area contributed by atoms with E-state index in [0.717, 1.165) is 17.1 Å². The molecule has 0 bridgehead atoms. The van der Waals surface area contributed by atoms with Crippen molar-refractivity contribution >= 4 is 49.6 Å². The van der Waals surface area contributed by atoms with E-state index in [1.165, 1.54) is 60.5 Å². The quantitative estimate of drug-likeness (QED) is 0.202. The van der Waals surface area contributed by atoms with E-state index in [0.29, 0.717) is 0 Å². The van der Waals surface area contributed by atoms with Gasteiger partial charge in [-0.15, -0.1) is 0 Å². The van der Waals surface area contributed by atoms with E-state index < -0.39 is 0 Å². The lowest BCUT2D eigenvalue weighted by Gasteiger charge is -2.26. The molecule has 2 heteroatoms. The molecule has 1 heterocycles. The van der Waals surface area contributed by atoms with Gasteiger partial charge in [0, 0.05) is 38.6 Å². The average molecular weight is 577 g/mol. The topological polar surface area (TPSA) is 8.17 Å². The van der Waals surface area contributed by atoms with E-state index in [1.807, 2.05) is 0 Å². The van der Waals surface area contributed by atoms with Gasteiger partial charge < -0.3 is 9.47 Å². The predicted molar refractivity (Wildman–Crippen MR) is 191 cm³/mol. The molecular weight excluding hydrogens is 544 g/mol. The lowest BCUT2D eigenvalue weighted by Crippen LogP contribution is -2.16. The Morgan fingerprint density at radius 2 is 1.16 bits per heavy atom. The lowest BCUT2D eigenvalue weighted by molar-refractivity contribution is 0.666. The summed E-state index contributed by atoms with van der Waals surface area (Å²) in [7, 11) is 0. The molecule has 45 heavy (non-hydrogen) atoms. The van der Waals surface area contributed by atoms with Gasteiger partial charge in [-0.05, 0) is 76.2 Å². The maximum absolute atomic E-state index is 2.50. The Labute approximate surface area is 263 Å². The van der Waals surface area contributed by atoms with Crippen LogP contribution < -0.4 is 4.90 Å². The summed E-state index contributed by atoms with van der Waals surface area (Å²) in [6.07, 6.45) is 0. The fourth-order valence-electron chi connectivity index (χ4n) is 7.78. The first-order valence-corrected chi connectivity index (χ1v) is 15.7. The van der Waals surface area contributed by atoms with Crippen molar-refractivity contribution in [2.75, 3.05) is 4.90 Å². The highest BCUT2D eigenvalue weighted by Gasteiger charge is 2.37. The third-order valence-electron chi connectivity index (χ3n) is 9.72. The molecule has 0 saturated carbocycles. The highest BCUT2D eigenvalue weighted by atomic mass is 15.1. The van der Waals surface area contributed by atoms with Gasteiger partial charge in [-0.2, -0.15) is 0 Å². The average Bonchev–Trinajstić information content (AvgIpc) is 3.54. The third kappa shape index (κ3) is 3.76. The summed E-state index contributed by atoms with van der Waals surface area (Å²) < 4.78 is 2.50. The summed E-state index contributed by atoms with van der Waals surface area (Å²) in [5.41, 5.74) is 12.4. The van der Waals surface area contributed by atoms with Crippen molar-refractivity contribution in [2.24, 2.45) is 0 Å². The third-order valence-corrected chi connectivity index (χ3v) is 9.72. The zero-order chi connectivity index (χ0) is 30.1. The maximum Gasteiger partial charge on any atom is 0.0562 e. The number of hydrogen-bond donors (Lipinski definition) is 0. The molecule has 1 aromatic heterocycles. The van der Waals surface area contributed by atoms with Crippen LogP contribution in [0.1, 0.15) is 25.0 Å². The minimum Gasteiger partial charge on any atom is -0.310 e. The fourth-order valence-corrected chi connectivity index (χ4v) is 7.78. The summed E-state index contributed by atoms with van der Waals surface area (Å²) in [5.74, 6) is 0. The molecule has 0 unspecified atom stereocenters. The molecule has 0 saturated heterocycles. The first-order valence-electron chi connectivity index (χ1n) is 15.7. The van der Waals surface area contributed by atoms with Gasteiger partial charge in [0.25, 0.3) is 0 Å². The second-order valence-electron chi connectivity index (χ2n) is 12.6. The van der Waals surface area contributed by atoms with E-state index in [4.69, 9.17) is 0 Å². The van der Waals surface area contributed by atoms with Crippen molar-refractivity contribution in [1.29, 1.82) is 0 Å². The van der Waals surface area contributed by atoms with Gasteiger partial charge in [-0.25, -0.2) is 0 Å². The summed E-state index contributed by atoms with van der Waals surface area (Å²) in [6.45, 7) is 4.77. The smallest absolute Gasteiger partial charge is 0.0562 e. The molecule has 0 amide bonds. The molecule has 8 aromatic rings. The second kappa shape index (κ2) is 9.70. The van der Waals surface area contributed by atoms with Crippen LogP contribution in [0.5, 0.6) is 0 Å². The number of para-hydroxylation sites is 3. The van der Waals surface area contributed by atoms with Crippen LogP contribution in [0, 0.1) is 0 Å². The number of fused-ring (bicyclic) bond motifs is 8. The Bertz CT molecular complexity index is 2360. The van der Waals surface area contributed by atoms with Gasteiger partial charge in [-0.1, -0.05) is 123 Å². The number of aromatic nitrogens is 1. The van der Waals surface area contributed by atoms with Crippen LogP contribution in [-0.2, 0) is 5.41 Å². The van der Waals surface area contributed by atoms with Crippen molar-refractivity contribution in [2.45, 2.75) is 19.3 Å². The summed E-state index contributed by atoms with van der Waals surface area (Å²) in [4.78, 5) is 2.35. The number of rotatable bonds is 4. The van der Waals surface area contributed by atoms with Crippen LogP contribution >= 0.6 is 0 Å². The van der Waals surface area contributed by atoms with Crippen LogP contribution in [0.15, 0.2) is 158 Å². The number of nitrogens with zero attached hydrogens (tertiary/aromatic N) is 2. The van der Waals surface area contributed by atoms with E-state index in [1.54, 1.807) is 0 Å². The Balaban J connectivity index is 1.37. The molecule has 0 radical (unpaired) electrons. The lowest BCUT2D eigenvalue weighted by atomic mass is 9.80. The number of hydrogen-bond acceptors (Lipinski definition) is 1. The van der Waals surface area contributed by atoms with E-state index in [9.17, 15) is 0 Å². The Morgan fingerprint density at radius 3 is 1.93 bits per heavy atom. The van der Waals surface area contributed by atoms with Gasteiger partial charge in [0.2, 0.25) is 0 Å². The molecule has 0 aliphatic heterocycles. The van der Waals surface area contributed by atoms with Crippen LogP contribution in [0.4, 0.5) is 17.1 Å². The van der Waals surface area contributed by atoms with Crippen molar-refractivity contribution in [1.82, 2.24) is 4.57 Å². The highest BCUT2D eigenvalue weighted by Crippen LogP contribution is 2.52. The molecule has 0 atom stereocenters. The molecule has 7 aromatic carbocycles. The monoisotopic (exact) mass is 576 g/mol. The summed E-state index contributed by atoms with van der Waals surface area (Å²) in [6, 6.07) is 57.4. The first-order chi connectivity index (χ1) is 22.1. The molecular formula is C43H32N2. The minimum atomic E-state index is -0.122. The number of anilines is 3. The highest BCUT2D eigenvalue weighted by molar-refractivity contribution is 6.12. The van der Waals surface area contributed by atoms with Crippen molar-refractivity contribution in [3.8, 4) is 16.8 Å². The molecule has 0 N–H and O–H groups in total. The van der Waals surface area contributed by atoms with E-state index in [2.05, 4.69) is 181 Å². The normalized spacial score (nSPS) is 13.3. The van der Waals surface area contributed by atoms with Crippen LogP contribution in [-0.4, -0.2) is 4.57 Å². The molecule has 0 fully saturated rings. The zero-order valence-corrected chi connectivity index (χ0v) is 25.4. The largest absolute Gasteiger partial charge is 0.310 e. The van der Waals surface area contributed by atoms with Crippen molar-refractivity contribution in [3.63, 3.8) is 0 Å². The van der Waals surface area contributed by atoms with Crippen LogP contribution in [0.2, 0.25) is 0 Å². The molecule has 214 valence electrons. The molecule has 1 aliphatic carbocycles. The Morgan fingerprint density at radius 1 is 0.489 bits per heavy atom. The fraction of sp³-hybridized carbons (Fsp3) is 0.0698.